The maximum Gasteiger partial charge on any atom is 0.255 e. The standard InChI is InChI=1S/C31H35N7O2/c1-19(2)6-11-26(39)36-14-15-37(18-36)31-35-27(28-29(32)33-12-13-38(28)31)23-8-9-24(21(4)17-23)30(40)34-25-10-7-20(3)16-22(25)5/h6-13,16-17,19H,14-15,18H2,1-5H3,(H2,32,33)(H,34,40)/b11-6+. The summed E-state index contributed by atoms with van der Waals surface area (Å²) in [5.74, 6) is 1.18. The molecule has 0 radical (unpaired) electrons. The van der Waals surface area contributed by atoms with Gasteiger partial charge >= 0.3 is 0 Å². The van der Waals surface area contributed by atoms with Gasteiger partial charge in [0.25, 0.3) is 5.91 Å². The molecular weight excluding hydrogens is 502 g/mol. The second kappa shape index (κ2) is 10.8. The lowest BCUT2D eigenvalue weighted by molar-refractivity contribution is -0.124. The zero-order valence-corrected chi connectivity index (χ0v) is 23.6. The Labute approximate surface area is 234 Å². The van der Waals surface area contributed by atoms with E-state index in [2.05, 4.69) is 15.2 Å². The van der Waals surface area contributed by atoms with Gasteiger partial charge < -0.3 is 20.9 Å². The van der Waals surface area contributed by atoms with E-state index in [1.54, 1.807) is 17.2 Å². The van der Waals surface area contributed by atoms with Crippen LogP contribution >= 0.6 is 0 Å². The molecule has 40 heavy (non-hydrogen) atoms. The van der Waals surface area contributed by atoms with Crippen LogP contribution in [-0.4, -0.2) is 50.8 Å². The van der Waals surface area contributed by atoms with Crippen LogP contribution in [0.1, 0.15) is 40.9 Å². The van der Waals surface area contributed by atoms with E-state index in [0.717, 1.165) is 27.9 Å². The van der Waals surface area contributed by atoms with Crippen molar-refractivity contribution in [1.29, 1.82) is 0 Å². The summed E-state index contributed by atoms with van der Waals surface area (Å²) in [5, 5.41) is 3.03. The SMILES string of the molecule is Cc1ccc(NC(=O)c2ccc(-c3nc(N4CCN(C(=O)/C=C/C(C)C)C4)n4ccnc(N)c34)cc2C)c(C)c1. The number of amides is 2. The molecule has 1 aliphatic rings. The Bertz CT molecular complexity index is 1640. The number of carbonyl (C=O) groups excluding carboxylic acids is 2. The van der Waals surface area contributed by atoms with Gasteiger partial charge in [0.05, 0.1) is 6.67 Å². The van der Waals surface area contributed by atoms with E-state index < -0.39 is 0 Å². The van der Waals surface area contributed by atoms with Gasteiger partial charge in [-0.15, -0.1) is 0 Å². The van der Waals surface area contributed by atoms with Crippen LogP contribution in [0.25, 0.3) is 16.8 Å². The van der Waals surface area contributed by atoms with Gasteiger partial charge in [0.1, 0.15) is 17.0 Å². The Balaban J connectivity index is 1.44. The number of nitrogens with one attached hydrogen (secondary N) is 1. The zero-order chi connectivity index (χ0) is 28.6. The van der Waals surface area contributed by atoms with E-state index in [1.807, 2.05) is 87.7 Å². The highest BCUT2D eigenvalue weighted by Gasteiger charge is 2.28. The summed E-state index contributed by atoms with van der Waals surface area (Å²) in [6.07, 6.45) is 7.03. The first-order valence-electron chi connectivity index (χ1n) is 13.5. The largest absolute Gasteiger partial charge is 0.382 e. The zero-order valence-electron chi connectivity index (χ0n) is 23.6. The predicted molar refractivity (Wildman–Crippen MR) is 159 cm³/mol. The highest BCUT2D eigenvalue weighted by atomic mass is 16.2. The van der Waals surface area contributed by atoms with E-state index >= 15 is 0 Å². The van der Waals surface area contributed by atoms with Crippen LogP contribution in [0.2, 0.25) is 0 Å². The summed E-state index contributed by atoms with van der Waals surface area (Å²) in [6.45, 7) is 11.7. The molecule has 3 N–H and O–H groups in total. The molecule has 206 valence electrons. The third kappa shape index (κ3) is 5.27. The molecule has 1 aliphatic heterocycles. The summed E-state index contributed by atoms with van der Waals surface area (Å²) in [4.78, 5) is 39.0. The molecule has 5 rings (SSSR count). The summed E-state index contributed by atoms with van der Waals surface area (Å²) in [6, 6.07) is 11.6. The average Bonchev–Trinajstić information content (AvgIpc) is 3.55. The highest BCUT2D eigenvalue weighted by molar-refractivity contribution is 6.06. The second-order valence-corrected chi connectivity index (χ2v) is 10.7. The molecule has 2 aromatic carbocycles. The molecule has 0 bridgehead atoms. The minimum absolute atomic E-state index is 0.0104. The normalized spacial score (nSPS) is 13.7. The number of aryl methyl sites for hydroxylation is 3. The Morgan fingerprint density at radius 3 is 2.58 bits per heavy atom. The van der Waals surface area contributed by atoms with E-state index in [9.17, 15) is 9.59 Å². The Hall–Kier alpha value is -4.66. The maximum atomic E-state index is 13.1. The molecule has 1 fully saturated rings. The first-order chi connectivity index (χ1) is 19.1. The molecular formula is C31H35N7O2. The van der Waals surface area contributed by atoms with Gasteiger partial charge in [-0.25, -0.2) is 9.97 Å². The molecule has 4 aromatic rings. The number of nitrogens with zero attached hydrogens (tertiary/aromatic N) is 5. The number of hydrogen-bond acceptors (Lipinski definition) is 6. The first kappa shape index (κ1) is 26.9. The van der Waals surface area contributed by atoms with Crippen molar-refractivity contribution in [3.8, 4) is 11.3 Å². The molecule has 0 aliphatic carbocycles. The molecule has 2 amide bonds. The van der Waals surface area contributed by atoms with E-state index in [1.165, 1.54) is 0 Å². The van der Waals surface area contributed by atoms with Crippen LogP contribution in [0.3, 0.4) is 0 Å². The van der Waals surface area contributed by atoms with Gasteiger partial charge in [0.15, 0.2) is 0 Å². The maximum absolute atomic E-state index is 13.1. The molecule has 9 heteroatoms. The van der Waals surface area contributed by atoms with Crippen molar-refractivity contribution in [3.05, 3.63) is 83.2 Å². The number of nitrogen functional groups attached to an aromatic ring is 1. The van der Waals surface area contributed by atoms with Gasteiger partial charge in [-0.3, -0.25) is 14.0 Å². The van der Waals surface area contributed by atoms with Crippen molar-refractivity contribution < 1.29 is 9.59 Å². The fraction of sp³-hybridized carbons (Fsp3) is 0.290. The molecule has 3 heterocycles. The van der Waals surface area contributed by atoms with Crippen LogP contribution in [0.15, 0.2) is 60.9 Å². The lowest BCUT2D eigenvalue weighted by Crippen LogP contribution is -2.30. The fourth-order valence-electron chi connectivity index (χ4n) is 4.99. The Kier molecular flexibility index (Phi) is 7.30. The van der Waals surface area contributed by atoms with Gasteiger partial charge in [0, 0.05) is 42.3 Å². The number of aromatic nitrogens is 3. The number of imidazole rings is 1. The topological polar surface area (TPSA) is 109 Å². The summed E-state index contributed by atoms with van der Waals surface area (Å²) < 4.78 is 1.92. The molecule has 9 nitrogen and oxygen atoms in total. The molecule has 0 unspecified atom stereocenters. The van der Waals surface area contributed by atoms with Crippen molar-refractivity contribution in [2.24, 2.45) is 5.92 Å². The number of benzene rings is 2. The predicted octanol–water partition coefficient (Wildman–Crippen LogP) is 4.97. The summed E-state index contributed by atoms with van der Waals surface area (Å²) in [5.41, 5.74) is 12.9. The number of allylic oxidation sites excluding steroid dienone is 1. The van der Waals surface area contributed by atoms with Crippen LogP contribution in [-0.2, 0) is 4.79 Å². The molecule has 0 saturated carbocycles. The van der Waals surface area contributed by atoms with Gasteiger partial charge in [-0.2, -0.15) is 0 Å². The number of carbonyl (C=O) groups is 2. The average molecular weight is 538 g/mol. The van der Waals surface area contributed by atoms with Gasteiger partial charge in [-0.1, -0.05) is 43.7 Å². The minimum Gasteiger partial charge on any atom is -0.382 e. The quantitative estimate of drug-likeness (QED) is 0.336. The van der Waals surface area contributed by atoms with Crippen LogP contribution in [0, 0.1) is 26.7 Å². The molecule has 0 spiro atoms. The van der Waals surface area contributed by atoms with E-state index in [4.69, 9.17) is 10.7 Å². The highest BCUT2D eigenvalue weighted by Crippen LogP contribution is 2.33. The second-order valence-electron chi connectivity index (χ2n) is 10.7. The number of rotatable bonds is 6. The summed E-state index contributed by atoms with van der Waals surface area (Å²) in [7, 11) is 0. The van der Waals surface area contributed by atoms with E-state index in [0.29, 0.717) is 54.2 Å². The number of anilines is 3. The van der Waals surface area contributed by atoms with Gasteiger partial charge in [-0.05, 0) is 62.1 Å². The third-order valence-electron chi connectivity index (χ3n) is 7.14. The Morgan fingerprint density at radius 1 is 1.05 bits per heavy atom. The minimum atomic E-state index is -0.166. The van der Waals surface area contributed by atoms with Crippen molar-refractivity contribution >= 4 is 34.8 Å². The molecule has 2 aromatic heterocycles. The number of fused-ring (bicyclic) bond motifs is 1. The van der Waals surface area contributed by atoms with Crippen LogP contribution < -0.4 is 16.0 Å². The third-order valence-corrected chi connectivity index (χ3v) is 7.14. The van der Waals surface area contributed by atoms with Crippen molar-refractivity contribution in [2.45, 2.75) is 34.6 Å². The summed E-state index contributed by atoms with van der Waals surface area (Å²) >= 11 is 0. The van der Waals surface area contributed by atoms with Crippen molar-refractivity contribution in [1.82, 2.24) is 19.3 Å². The van der Waals surface area contributed by atoms with Crippen molar-refractivity contribution in [2.75, 3.05) is 35.7 Å². The number of hydrogen-bond donors (Lipinski definition) is 2. The van der Waals surface area contributed by atoms with Crippen molar-refractivity contribution in [3.63, 3.8) is 0 Å². The lowest BCUT2D eigenvalue weighted by Gasteiger charge is -2.17. The fourth-order valence-corrected chi connectivity index (χ4v) is 4.99. The Morgan fingerprint density at radius 2 is 1.85 bits per heavy atom. The smallest absolute Gasteiger partial charge is 0.255 e. The monoisotopic (exact) mass is 537 g/mol. The lowest BCUT2D eigenvalue weighted by atomic mass is 10.0. The number of nitrogens with two attached hydrogens (primary N) is 1. The van der Waals surface area contributed by atoms with Gasteiger partial charge in [0.2, 0.25) is 11.9 Å². The first-order valence-corrected chi connectivity index (χ1v) is 13.5. The molecule has 0 atom stereocenters. The molecule has 1 saturated heterocycles. The van der Waals surface area contributed by atoms with E-state index in [-0.39, 0.29) is 11.8 Å². The van der Waals surface area contributed by atoms with Crippen LogP contribution in [0.5, 0.6) is 0 Å². The van der Waals surface area contributed by atoms with Crippen LogP contribution in [0.4, 0.5) is 17.5 Å².